The Balaban J connectivity index is 0.00000140. The molecule has 0 aliphatic carbocycles. The zero-order valence-electron chi connectivity index (χ0n) is 39.0. The fourth-order valence-electron chi connectivity index (χ4n) is 6.48. The first-order valence-electron chi connectivity index (χ1n) is 21.5. The number of anilines is 1. The summed E-state index contributed by atoms with van der Waals surface area (Å²) in [5.74, 6) is -9.03. The molecule has 5 N–H and O–H groups in total. The Morgan fingerprint density at radius 2 is 1.56 bits per heavy atom. The van der Waals surface area contributed by atoms with Gasteiger partial charge in [0.2, 0.25) is 11.7 Å². The lowest BCUT2D eigenvalue weighted by atomic mass is 9.90. The predicted molar refractivity (Wildman–Crippen MR) is 246 cm³/mol. The van der Waals surface area contributed by atoms with Crippen LogP contribution in [0, 0.1) is 11.8 Å². The molecule has 0 bridgehead atoms. The van der Waals surface area contributed by atoms with Crippen molar-refractivity contribution in [3.63, 3.8) is 0 Å². The van der Waals surface area contributed by atoms with Gasteiger partial charge in [0.15, 0.2) is 27.5 Å². The molecule has 68 heavy (non-hydrogen) atoms. The van der Waals surface area contributed by atoms with Crippen molar-refractivity contribution < 1.29 is 79.6 Å². The van der Waals surface area contributed by atoms with Crippen LogP contribution < -0.4 is 25.0 Å². The molecule has 1 saturated heterocycles. The fraction of sp³-hybridized carbons (Fsp3) is 0.634. The number of ether oxygens (including phenoxy) is 4. The number of hydrogen-bond donors (Lipinski definition) is 5. The van der Waals surface area contributed by atoms with Crippen molar-refractivity contribution in [3.8, 4) is 5.88 Å². The van der Waals surface area contributed by atoms with Gasteiger partial charge >= 0.3 is 23.9 Å². The number of nitrogens with zero attached hydrogens (tertiary/aromatic N) is 3. The number of morpholine rings is 1. The first-order valence-corrected chi connectivity index (χ1v) is 26.1. The van der Waals surface area contributed by atoms with Gasteiger partial charge in [-0.3, -0.25) is 24.0 Å². The van der Waals surface area contributed by atoms with Gasteiger partial charge in [-0.05, 0) is 73.9 Å². The molecule has 0 unspecified atom stereocenters. The quantitative estimate of drug-likeness (QED) is 0.0604. The summed E-state index contributed by atoms with van der Waals surface area (Å²) in [5, 5.41) is 21.3. The largest absolute Gasteiger partial charge is 0.478 e. The summed E-state index contributed by atoms with van der Waals surface area (Å²) in [4.78, 5) is 85.9. The highest BCUT2D eigenvalue weighted by molar-refractivity contribution is 7.95. The van der Waals surface area contributed by atoms with Crippen LogP contribution in [0.5, 0.6) is 5.88 Å². The second-order valence-corrected chi connectivity index (χ2v) is 22.8. The number of ketones is 2. The van der Waals surface area contributed by atoms with Crippen LogP contribution in [-0.4, -0.2) is 146 Å². The van der Waals surface area contributed by atoms with E-state index < -0.39 is 101 Å². The number of sulfone groups is 1. The number of thiophene rings is 1. The Hall–Kier alpha value is -4.93. The fourth-order valence-corrected chi connectivity index (χ4v) is 12.1. The molecular weight excluding hydrogens is 977 g/mol. The number of esters is 2. The number of nitrogens with one attached hydrogen (secondary N) is 3. The molecule has 380 valence electrons. The van der Waals surface area contributed by atoms with Crippen LogP contribution in [0.15, 0.2) is 26.6 Å². The van der Waals surface area contributed by atoms with Gasteiger partial charge in [0, 0.05) is 61.8 Å². The number of aromatic nitrogens is 2. The van der Waals surface area contributed by atoms with Crippen LogP contribution in [0.1, 0.15) is 92.7 Å². The van der Waals surface area contributed by atoms with Crippen molar-refractivity contribution in [3.05, 3.63) is 23.8 Å². The lowest BCUT2D eigenvalue weighted by Crippen LogP contribution is -2.44. The Bertz CT molecular complexity index is 2360. The number of fused-ring (bicyclic) bond motifs is 1. The molecule has 1 fully saturated rings. The molecule has 27 heteroatoms. The number of carboxylic acid groups (broad SMARTS) is 2. The zero-order valence-corrected chi connectivity index (χ0v) is 42.2. The van der Waals surface area contributed by atoms with E-state index >= 15 is 0 Å². The van der Waals surface area contributed by atoms with E-state index in [1.165, 1.54) is 19.9 Å². The number of amides is 1. The zero-order chi connectivity index (χ0) is 51.1. The van der Waals surface area contributed by atoms with Gasteiger partial charge in [-0.2, -0.15) is 4.37 Å². The highest BCUT2D eigenvalue weighted by Gasteiger charge is 2.41. The van der Waals surface area contributed by atoms with Crippen LogP contribution >= 0.6 is 23.1 Å². The van der Waals surface area contributed by atoms with E-state index in [2.05, 4.69) is 19.4 Å². The van der Waals surface area contributed by atoms with E-state index in [1.54, 1.807) is 6.92 Å². The summed E-state index contributed by atoms with van der Waals surface area (Å²) < 4.78 is 84.7. The molecule has 23 nitrogen and oxygen atoms in total. The Morgan fingerprint density at radius 1 is 0.956 bits per heavy atom. The normalized spacial score (nSPS) is 18.7. The van der Waals surface area contributed by atoms with E-state index in [0.717, 1.165) is 18.7 Å². The number of carbonyl (C=O) groups is 7. The summed E-state index contributed by atoms with van der Waals surface area (Å²) in [6, 6.07) is 0.805. The van der Waals surface area contributed by atoms with E-state index in [0.29, 0.717) is 73.6 Å². The summed E-state index contributed by atoms with van der Waals surface area (Å²) in [7, 11) is -8.40. The lowest BCUT2D eigenvalue weighted by molar-refractivity contribution is -0.157. The number of sulfonamides is 1. The van der Waals surface area contributed by atoms with Crippen molar-refractivity contribution in [1.29, 1.82) is 0 Å². The van der Waals surface area contributed by atoms with E-state index in [-0.39, 0.29) is 48.6 Å². The van der Waals surface area contributed by atoms with E-state index in [4.69, 9.17) is 29.2 Å². The minimum absolute atomic E-state index is 0.00814. The maximum atomic E-state index is 13.2. The summed E-state index contributed by atoms with van der Waals surface area (Å²) >= 11 is 1.53. The second-order valence-electron chi connectivity index (χ2n) is 16.8. The molecule has 0 aromatic carbocycles. The topological polar surface area (TPSA) is 330 Å². The molecular formula is C41H60N6O17S4. The standard InChI is InChI=1S/C37H56N6O13S4.C4H4O4/c1-9-38-27-17-21(2)59(49,50)36-26(27)18-30(57-36)60(51,52)42-34(48)23(4)31(46)22(3)32(47)24(5)55-28(44)11-10-12-29(45)56-25(19-39-37(6,7)8)20-54-35-33(40-58-41-35)43-13-15-53-16-14-43;5-3(6)1-2-4(7)8/h18,21-25,27,38-39H,9-17,19-20H2,1-8H3,(H,42,48);1-2H,(H,5,6)(H,7,8)/b;2-1-/t21-,22-,23+,24-,25-,27-;/m0./s1. The van der Waals surface area contributed by atoms with Crippen LogP contribution in [0.4, 0.5) is 5.82 Å². The molecule has 0 radical (unpaired) electrons. The molecule has 2 aromatic heterocycles. The number of aliphatic carboxylic acids is 2. The summed E-state index contributed by atoms with van der Waals surface area (Å²) in [6.45, 7) is 16.0. The van der Waals surface area contributed by atoms with Gasteiger partial charge in [0.05, 0.1) is 42.0 Å². The average Bonchev–Trinajstić information content (AvgIpc) is 3.95. The monoisotopic (exact) mass is 1040 g/mol. The number of carbonyl (C=O) groups excluding carboxylic acids is 5. The third-order valence-electron chi connectivity index (χ3n) is 10.2. The minimum Gasteiger partial charge on any atom is -0.478 e. The highest BCUT2D eigenvalue weighted by atomic mass is 32.3. The van der Waals surface area contributed by atoms with Gasteiger partial charge in [0.25, 0.3) is 15.9 Å². The Morgan fingerprint density at radius 3 is 2.13 bits per heavy atom. The maximum Gasteiger partial charge on any atom is 0.328 e. The van der Waals surface area contributed by atoms with Crippen molar-refractivity contribution in [2.45, 2.75) is 119 Å². The molecule has 6 atom stereocenters. The lowest BCUT2D eigenvalue weighted by Gasteiger charge is -2.27. The van der Waals surface area contributed by atoms with Crippen molar-refractivity contribution >= 4 is 90.1 Å². The molecule has 0 saturated carbocycles. The molecule has 4 heterocycles. The summed E-state index contributed by atoms with van der Waals surface area (Å²) in [6.07, 6.45) is -1.12. The maximum absolute atomic E-state index is 13.2. The van der Waals surface area contributed by atoms with Crippen LogP contribution in [0.25, 0.3) is 0 Å². The van der Waals surface area contributed by atoms with E-state index in [9.17, 15) is 50.4 Å². The first kappa shape index (κ1) is 57.4. The van der Waals surface area contributed by atoms with Crippen molar-refractivity contribution in [2.24, 2.45) is 11.8 Å². The van der Waals surface area contributed by atoms with Crippen LogP contribution in [0.2, 0.25) is 0 Å². The Labute approximate surface area is 403 Å². The number of rotatable bonds is 23. The molecule has 2 aliphatic rings. The van der Waals surface area contributed by atoms with Crippen LogP contribution in [0.3, 0.4) is 0 Å². The smallest absolute Gasteiger partial charge is 0.328 e. The van der Waals surface area contributed by atoms with Gasteiger partial charge in [-0.15, -0.1) is 15.7 Å². The highest BCUT2D eigenvalue weighted by Crippen LogP contribution is 2.42. The van der Waals surface area contributed by atoms with Gasteiger partial charge in [-0.25, -0.2) is 31.1 Å². The minimum atomic E-state index is -4.60. The number of hydrogen-bond acceptors (Lipinski definition) is 22. The van der Waals surface area contributed by atoms with Crippen molar-refractivity contribution in [2.75, 3.05) is 50.9 Å². The summed E-state index contributed by atoms with van der Waals surface area (Å²) in [5.41, 5.74) is 0.00753. The van der Waals surface area contributed by atoms with Gasteiger partial charge < -0.3 is 44.7 Å². The van der Waals surface area contributed by atoms with Crippen molar-refractivity contribution in [1.82, 2.24) is 24.1 Å². The first-order chi connectivity index (χ1) is 31.7. The predicted octanol–water partition coefficient (Wildman–Crippen LogP) is 2.06. The van der Waals surface area contributed by atoms with Crippen LogP contribution in [-0.2, 0) is 67.6 Å². The molecule has 4 rings (SSSR count). The third kappa shape index (κ3) is 17.2. The number of carboxylic acids is 2. The SMILES string of the molecule is CCN[C@H]1C[C@H](C)S(=O)(=O)c2sc(S(=O)(=O)NC(=O)[C@H](C)C(=O)[C@H](C)C(=O)[C@H](C)OC(=O)CCCC(=O)O[C@@H](CNC(C)(C)C)COc3nsnc3N3CCOCC3)cc21.O=C(O)/C=C\C(=O)O. The van der Waals surface area contributed by atoms with Gasteiger partial charge in [-0.1, -0.05) is 6.92 Å². The molecule has 0 spiro atoms. The van der Waals surface area contributed by atoms with E-state index in [1.807, 2.05) is 37.3 Å². The second kappa shape index (κ2) is 25.6. The molecule has 2 aliphatic heterocycles. The Kier molecular flexibility index (Phi) is 21.6. The average molecular weight is 1040 g/mol. The van der Waals surface area contributed by atoms with Gasteiger partial charge in [0.1, 0.15) is 21.1 Å². The third-order valence-corrected chi connectivity index (χ3v) is 16.4. The number of Topliss-reactive ketones (excluding diaryl/α,β-unsaturated/α-hetero) is 2. The molecule has 1 amide bonds. The molecule has 2 aromatic rings.